The monoisotopic (exact) mass is 363 g/mol. The van der Waals surface area contributed by atoms with Gasteiger partial charge in [0.25, 0.3) is 0 Å². The average Bonchev–Trinajstić information content (AvgIpc) is 3.59. The van der Waals surface area contributed by atoms with Crippen LogP contribution >= 0.6 is 0 Å². The Morgan fingerprint density at radius 1 is 1.15 bits per heavy atom. The smallest absolute Gasteiger partial charge is 0.150 e. The van der Waals surface area contributed by atoms with Crippen molar-refractivity contribution in [1.29, 1.82) is 0 Å². The van der Waals surface area contributed by atoms with E-state index in [1.165, 1.54) is 32.3 Å². The van der Waals surface area contributed by atoms with Gasteiger partial charge in [0.1, 0.15) is 24.5 Å². The summed E-state index contributed by atoms with van der Waals surface area (Å²) < 4.78 is 8.13. The maximum Gasteiger partial charge on any atom is 0.150 e. The van der Waals surface area contributed by atoms with E-state index in [1.807, 2.05) is 12.1 Å². The minimum Gasteiger partial charge on any atom is -0.492 e. The largest absolute Gasteiger partial charge is 0.492 e. The summed E-state index contributed by atoms with van der Waals surface area (Å²) in [7, 11) is 0. The van der Waals surface area contributed by atoms with Crippen molar-refractivity contribution in [3.05, 3.63) is 41.9 Å². The minimum atomic E-state index is 0.527. The maximum absolute atomic E-state index is 6.07. The number of anilines is 1. The Balaban J connectivity index is 1.33. The van der Waals surface area contributed by atoms with Gasteiger partial charge in [-0.05, 0) is 62.4 Å². The van der Waals surface area contributed by atoms with E-state index in [-0.39, 0.29) is 0 Å². The fraction of sp³-hybridized carbons (Fsp3) is 0.429. The van der Waals surface area contributed by atoms with Crippen molar-refractivity contribution in [2.24, 2.45) is 5.92 Å². The molecule has 2 aliphatic rings. The molecule has 0 bridgehead atoms. The molecular formula is C21H25N5O. The first kappa shape index (κ1) is 16.6. The van der Waals surface area contributed by atoms with Gasteiger partial charge in [0.15, 0.2) is 5.65 Å². The van der Waals surface area contributed by atoms with E-state index in [4.69, 9.17) is 10.5 Å². The predicted molar refractivity (Wildman–Crippen MR) is 106 cm³/mol. The normalized spacial score (nSPS) is 21.6. The van der Waals surface area contributed by atoms with E-state index in [1.54, 1.807) is 0 Å². The molecule has 1 aliphatic carbocycles. The summed E-state index contributed by atoms with van der Waals surface area (Å²) in [5, 5.41) is 0.930. The number of nitrogens with two attached hydrogens (primary N) is 1. The highest BCUT2D eigenvalue weighted by molar-refractivity contribution is 5.92. The van der Waals surface area contributed by atoms with E-state index in [2.05, 4.69) is 45.4 Å². The topological polar surface area (TPSA) is 69.0 Å². The molecule has 1 aromatic carbocycles. The summed E-state index contributed by atoms with van der Waals surface area (Å²) in [6, 6.07) is 8.83. The molecule has 6 heteroatoms. The Labute approximate surface area is 159 Å². The number of fused-ring (bicyclic) bond motifs is 1. The van der Waals surface area contributed by atoms with Crippen molar-refractivity contribution in [3.8, 4) is 11.4 Å². The number of benzene rings is 1. The lowest BCUT2D eigenvalue weighted by Crippen LogP contribution is -2.12. The summed E-state index contributed by atoms with van der Waals surface area (Å²) in [6.07, 6.45) is 4.34. The van der Waals surface area contributed by atoms with Crippen LogP contribution in [-0.4, -0.2) is 45.2 Å². The van der Waals surface area contributed by atoms with E-state index < -0.39 is 0 Å². The molecule has 2 aromatic heterocycles. The number of nitrogens with zero attached hydrogens (tertiary/aromatic N) is 4. The number of aryl methyl sites for hydroxylation is 1. The van der Waals surface area contributed by atoms with Crippen LogP contribution in [0.25, 0.3) is 16.7 Å². The summed E-state index contributed by atoms with van der Waals surface area (Å²) in [4.78, 5) is 11.1. The molecular weight excluding hydrogens is 338 g/mol. The lowest BCUT2D eigenvalue weighted by atomic mass is 10.2. The van der Waals surface area contributed by atoms with Crippen molar-refractivity contribution >= 4 is 16.9 Å². The summed E-state index contributed by atoms with van der Waals surface area (Å²) in [5.41, 5.74) is 10.2. The van der Waals surface area contributed by atoms with Gasteiger partial charge in [-0.25, -0.2) is 9.97 Å². The maximum atomic E-state index is 6.07. The third-order valence-corrected chi connectivity index (χ3v) is 5.88. The highest BCUT2D eigenvalue weighted by Gasteiger charge is 2.38. The first-order valence-electron chi connectivity index (χ1n) is 9.67. The van der Waals surface area contributed by atoms with Gasteiger partial charge in [-0.3, -0.25) is 9.47 Å². The second-order valence-electron chi connectivity index (χ2n) is 7.86. The first-order chi connectivity index (χ1) is 13.1. The second-order valence-corrected chi connectivity index (χ2v) is 7.86. The zero-order valence-electron chi connectivity index (χ0n) is 15.9. The van der Waals surface area contributed by atoms with Crippen molar-refractivity contribution in [1.82, 2.24) is 19.4 Å². The van der Waals surface area contributed by atoms with Crippen LogP contribution in [0.5, 0.6) is 5.75 Å². The Morgan fingerprint density at radius 3 is 2.67 bits per heavy atom. The lowest BCUT2D eigenvalue weighted by molar-refractivity contribution is 0.292. The average molecular weight is 363 g/mol. The Hall–Kier alpha value is -2.60. The fourth-order valence-corrected chi connectivity index (χ4v) is 3.86. The zero-order valence-corrected chi connectivity index (χ0v) is 15.9. The SMILES string of the molecule is Cc1c(C)n(-c2ccc(OCC3CN3CC3CC3)cc2)c2ncnc(N)c12. The molecule has 2 unspecified atom stereocenters. The van der Waals surface area contributed by atoms with Crippen LogP contribution in [0.3, 0.4) is 0 Å². The van der Waals surface area contributed by atoms with Gasteiger partial charge in [0.05, 0.1) is 11.4 Å². The molecule has 2 atom stereocenters. The number of nitrogen functional groups attached to an aromatic ring is 1. The molecule has 2 fully saturated rings. The minimum absolute atomic E-state index is 0.527. The van der Waals surface area contributed by atoms with Crippen LogP contribution in [-0.2, 0) is 0 Å². The zero-order chi connectivity index (χ0) is 18.5. The molecule has 1 saturated carbocycles. The van der Waals surface area contributed by atoms with Gasteiger partial charge in [-0.1, -0.05) is 0 Å². The number of ether oxygens (including phenoxy) is 1. The standard InChI is InChI=1S/C21H25N5O/c1-13-14(2)26(21-19(13)20(22)23-12-24-21)16-5-7-18(8-6-16)27-11-17-10-25(17)9-15-3-4-15/h5-8,12,15,17H,3-4,9-11H2,1-2H3,(H2,22,23,24). The number of hydrogen-bond acceptors (Lipinski definition) is 5. The molecule has 1 aliphatic heterocycles. The summed E-state index contributed by atoms with van der Waals surface area (Å²) in [5.74, 6) is 2.40. The Kier molecular flexibility index (Phi) is 3.82. The molecule has 0 radical (unpaired) electrons. The van der Waals surface area contributed by atoms with Gasteiger partial charge in [0.2, 0.25) is 0 Å². The number of hydrogen-bond donors (Lipinski definition) is 1. The van der Waals surface area contributed by atoms with Gasteiger partial charge < -0.3 is 10.5 Å². The van der Waals surface area contributed by atoms with Crippen molar-refractivity contribution in [2.45, 2.75) is 32.7 Å². The van der Waals surface area contributed by atoms with Crippen LogP contribution in [0.2, 0.25) is 0 Å². The van der Waals surface area contributed by atoms with Crippen LogP contribution < -0.4 is 10.5 Å². The second kappa shape index (κ2) is 6.23. The van der Waals surface area contributed by atoms with E-state index in [0.29, 0.717) is 11.9 Å². The van der Waals surface area contributed by atoms with Crippen LogP contribution in [0.1, 0.15) is 24.1 Å². The highest BCUT2D eigenvalue weighted by atomic mass is 16.5. The van der Waals surface area contributed by atoms with Crippen LogP contribution in [0.4, 0.5) is 5.82 Å². The molecule has 2 N–H and O–H groups in total. The Bertz CT molecular complexity index is 990. The third kappa shape index (κ3) is 3.04. The molecule has 140 valence electrons. The first-order valence-corrected chi connectivity index (χ1v) is 9.67. The van der Waals surface area contributed by atoms with Gasteiger partial charge in [-0.15, -0.1) is 0 Å². The molecule has 3 aromatic rings. The molecule has 0 spiro atoms. The van der Waals surface area contributed by atoms with Crippen LogP contribution in [0, 0.1) is 19.8 Å². The number of rotatable bonds is 6. The van der Waals surface area contributed by atoms with Crippen LogP contribution in [0.15, 0.2) is 30.6 Å². The molecule has 3 heterocycles. The van der Waals surface area contributed by atoms with Crippen molar-refractivity contribution in [2.75, 3.05) is 25.4 Å². The molecule has 5 rings (SSSR count). The third-order valence-electron chi connectivity index (χ3n) is 5.88. The van der Waals surface area contributed by atoms with E-state index >= 15 is 0 Å². The quantitative estimate of drug-likeness (QED) is 0.682. The highest BCUT2D eigenvalue weighted by Crippen LogP contribution is 2.34. The molecule has 1 saturated heterocycles. The summed E-state index contributed by atoms with van der Waals surface area (Å²) in [6.45, 7) is 7.37. The van der Waals surface area contributed by atoms with Gasteiger partial charge in [0, 0.05) is 24.5 Å². The predicted octanol–water partition coefficient (Wildman–Crippen LogP) is 3.09. The van der Waals surface area contributed by atoms with E-state index in [9.17, 15) is 0 Å². The molecule has 0 amide bonds. The van der Waals surface area contributed by atoms with E-state index in [0.717, 1.165) is 46.3 Å². The van der Waals surface area contributed by atoms with Crippen molar-refractivity contribution < 1.29 is 4.74 Å². The molecule has 6 nitrogen and oxygen atoms in total. The van der Waals surface area contributed by atoms with Gasteiger partial charge in [-0.2, -0.15) is 0 Å². The van der Waals surface area contributed by atoms with Gasteiger partial charge >= 0.3 is 0 Å². The fourth-order valence-electron chi connectivity index (χ4n) is 3.86. The number of aromatic nitrogens is 3. The Morgan fingerprint density at radius 2 is 1.93 bits per heavy atom. The molecule has 27 heavy (non-hydrogen) atoms. The van der Waals surface area contributed by atoms with Crippen molar-refractivity contribution in [3.63, 3.8) is 0 Å². The lowest BCUT2D eigenvalue weighted by Gasteiger charge is -2.10. The summed E-state index contributed by atoms with van der Waals surface area (Å²) >= 11 is 0.